The van der Waals surface area contributed by atoms with Gasteiger partial charge in [0.05, 0.1) is 16.4 Å². The first kappa shape index (κ1) is 22.8. The van der Waals surface area contributed by atoms with Gasteiger partial charge in [-0.1, -0.05) is 18.2 Å². The van der Waals surface area contributed by atoms with Crippen LogP contribution in [0.4, 0.5) is 5.82 Å². The minimum absolute atomic E-state index is 0.0456. The molecule has 5 heterocycles. The molecule has 1 aromatic carbocycles. The molecule has 184 valence electrons. The van der Waals surface area contributed by atoms with Crippen LogP contribution >= 0.6 is 15.9 Å². The summed E-state index contributed by atoms with van der Waals surface area (Å²) < 4.78 is 14.4. The van der Waals surface area contributed by atoms with Gasteiger partial charge in [0.2, 0.25) is 6.10 Å². The number of hydrogen-bond acceptors (Lipinski definition) is 7. The molecule has 0 saturated carbocycles. The van der Waals surface area contributed by atoms with Crippen LogP contribution in [0.15, 0.2) is 65.5 Å². The van der Waals surface area contributed by atoms with E-state index in [0.29, 0.717) is 31.1 Å². The summed E-state index contributed by atoms with van der Waals surface area (Å²) in [5, 5.41) is 7.95. The number of aromatic nitrogens is 4. The highest BCUT2D eigenvalue weighted by Crippen LogP contribution is 2.33. The normalized spacial score (nSPS) is 19.3. The Kier molecular flexibility index (Phi) is 6.18. The molecule has 36 heavy (non-hydrogen) atoms. The Morgan fingerprint density at radius 1 is 1.17 bits per heavy atom. The van der Waals surface area contributed by atoms with Crippen LogP contribution in [0, 0.1) is 0 Å². The molecule has 2 atom stereocenters. The molecular weight excluding hydrogens is 524 g/mol. The lowest BCUT2D eigenvalue weighted by atomic mass is 9.94. The number of pyridine rings is 1. The zero-order chi connectivity index (χ0) is 24.5. The van der Waals surface area contributed by atoms with E-state index >= 15 is 0 Å². The first-order valence-corrected chi connectivity index (χ1v) is 12.8. The Hall–Kier alpha value is -3.66. The molecule has 1 fully saturated rings. The number of amides is 1. The van der Waals surface area contributed by atoms with Crippen molar-refractivity contribution in [1.29, 1.82) is 0 Å². The molecular formula is C26H25BrN6O3. The second-order valence-electron chi connectivity index (χ2n) is 9.00. The quantitative estimate of drug-likeness (QED) is 0.402. The van der Waals surface area contributed by atoms with Gasteiger partial charge < -0.3 is 19.7 Å². The van der Waals surface area contributed by atoms with Crippen LogP contribution in [-0.2, 0) is 11.3 Å². The third-order valence-corrected chi connectivity index (χ3v) is 7.14. The lowest BCUT2D eigenvalue weighted by molar-refractivity contribution is -0.142. The smallest absolute Gasteiger partial charge is 0.267 e. The lowest BCUT2D eigenvalue weighted by Gasteiger charge is -2.36. The zero-order valence-electron chi connectivity index (χ0n) is 19.5. The van der Waals surface area contributed by atoms with Gasteiger partial charge in [0, 0.05) is 44.0 Å². The predicted octanol–water partition coefficient (Wildman–Crippen LogP) is 4.04. The van der Waals surface area contributed by atoms with E-state index in [1.807, 2.05) is 53.6 Å². The van der Waals surface area contributed by atoms with Crippen LogP contribution < -0.4 is 14.8 Å². The summed E-state index contributed by atoms with van der Waals surface area (Å²) >= 11 is 3.58. The topological polar surface area (TPSA) is 93.9 Å². The first-order chi connectivity index (χ1) is 17.7. The Balaban J connectivity index is 1.22. The van der Waals surface area contributed by atoms with E-state index < -0.39 is 6.10 Å². The van der Waals surface area contributed by atoms with Gasteiger partial charge in [0.25, 0.3) is 5.91 Å². The number of rotatable bonds is 5. The molecule has 0 aliphatic carbocycles. The molecule has 3 aromatic heterocycles. The minimum atomic E-state index is -0.644. The summed E-state index contributed by atoms with van der Waals surface area (Å²) in [7, 11) is 0. The van der Waals surface area contributed by atoms with Crippen LogP contribution in [0.2, 0.25) is 0 Å². The van der Waals surface area contributed by atoms with Gasteiger partial charge in [-0.3, -0.25) is 9.78 Å². The average molecular weight is 549 g/mol. The third-order valence-electron chi connectivity index (χ3n) is 6.58. The highest BCUT2D eigenvalue weighted by molar-refractivity contribution is 9.10. The average Bonchev–Trinajstić information content (AvgIpc) is 3.32. The van der Waals surface area contributed by atoms with Gasteiger partial charge in [-0.25, -0.2) is 4.98 Å². The number of benzene rings is 1. The number of nitrogens with zero attached hydrogens (tertiary/aromatic N) is 5. The molecule has 1 saturated heterocycles. The molecule has 1 amide bonds. The molecule has 9 nitrogen and oxygen atoms in total. The summed E-state index contributed by atoms with van der Waals surface area (Å²) in [6, 6.07) is 13.4. The predicted molar refractivity (Wildman–Crippen MR) is 137 cm³/mol. The lowest BCUT2D eigenvalue weighted by Crippen LogP contribution is -2.49. The maximum Gasteiger partial charge on any atom is 0.267 e. The number of ether oxygens (including phenoxy) is 2. The van der Waals surface area contributed by atoms with E-state index in [4.69, 9.17) is 14.5 Å². The van der Waals surface area contributed by atoms with Gasteiger partial charge in [-0.15, -0.1) is 0 Å². The number of nitrogens with one attached hydrogen (secondary N) is 1. The molecule has 10 heteroatoms. The molecule has 2 aliphatic rings. The Bertz CT molecular complexity index is 1400. The molecule has 6 rings (SSSR count). The van der Waals surface area contributed by atoms with E-state index in [2.05, 4.69) is 31.3 Å². The van der Waals surface area contributed by atoms with E-state index in [-0.39, 0.29) is 18.4 Å². The van der Waals surface area contributed by atoms with Gasteiger partial charge in [-0.2, -0.15) is 9.61 Å². The van der Waals surface area contributed by atoms with Gasteiger partial charge in [-0.05, 0) is 52.5 Å². The van der Waals surface area contributed by atoms with Crippen molar-refractivity contribution in [2.75, 3.05) is 25.0 Å². The summed E-state index contributed by atoms with van der Waals surface area (Å²) in [6.07, 6.45) is 6.55. The fourth-order valence-corrected chi connectivity index (χ4v) is 5.10. The maximum absolute atomic E-state index is 13.4. The van der Waals surface area contributed by atoms with Crippen LogP contribution in [0.1, 0.15) is 30.0 Å². The van der Waals surface area contributed by atoms with Crippen molar-refractivity contribution in [2.45, 2.75) is 31.4 Å². The first-order valence-electron chi connectivity index (χ1n) is 12.0. The van der Waals surface area contributed by atoms with Crippen molar-refractivity contribution >= 4 is 33.3 Å². The van der Waals surface area contributed by atoms with E-state index in [0.717, 1.165) is 40.0 Å². The van der Waals surface area contributed by atoms with Crippen molar-refractivity contribution in [3.63, 3.8) is 0 Å². The van der Waals surface area contributed by atoms with Crippen molar-refractivity contribution in [3.8, 4) is 11.5 Å². The number of para-hydroxylation sites is 2. The monoisotopic (exact) mass is 548 g/mol. The number of piperidine rings is 1. The van der Waals surface area contributed by atoms with Crippen LogP contribution in [0.25, 0.3) is 5.65 Å². The number of likely N-dealkylation sites (tertiary alicyclic amines) is 1. The van der Waals surface area contributed by atoms with Gasteiger partial charge in [0.1, 0.15) is 12.4 Å². The zero-order valence-corrected chi connectivity index (χ0v) is 21.1. The van der Waals surface area contributed by atoms with E-state index in [1.54, 1.807) is 16.9 Å². The number of halogens is 1. The highest BCUT2D eigenvalue weighted by Gasteiger charge is 2.34. The minimum Gasteiger partial charge on any atom is -0.485 e. The number of carbonyl (C=O) groups excluding carboxylic acids is 1. The Morgan fingerprint density at radius 3 is 2.92 bits per heavy atom. The maximum atomic E-state index is 13.4. The van der Waals surface area contributed by atoms with E-state index in [1.165, 1.54) is 0 Å². The highest BCUT2D eigenvalue weighted by atomic mass is 79.9. The molecule has 1 N–H and O–H groups in total. The molecule has 0 radical (unpaired) electrons. The standard InChI is InChI=1S/C26H25BrN6O3/c27-19-14-30-33-24(29-13-17-5-3-9-28-12-17)11-20(31-25(19)33)18-6-4-10-32(15-18)26(34)23-16-35-21-7-1-2-8-22(21)36-23/h1-3,5,7-9,11-12,14,18,23,29H,4,6,10,13,15-16H2. The van der Waals surface area contributed by atoms with E-state index in [9.17, 15) is 4.79 Å². The van der Waals surface area contributed by atoms with Crippen LogP contribution in [0.3, 0.4) is 0 Å². The van der Waals surface area contributed by atoms with Gasteiger partial charge >= 0.3 is 0 Å². The number of carbonyl (C=O) groups is 1. The second kappa shape index (κ2) is 9.77. The number of hydrogen-bond donors (Lipinski definition) is 1. The summed E-state index contributed by atoms with van der Waals surface area (Å²) in [6.45, 7) is 2.10. The Labute approximate surface area is 216 Å². The van der Waals surface area contributed by atoms with Crippen molar-refractivity contribution in [2.24, 2.45) is 0 Å². The number of fused-ring (bicyclic) bond motifs is 2. The SMILES string of the molecule is O=C(C1COc2ccccc2O1)N1CCCC(c2cc(NCc3cccnc3)n3ncc(Br)c3n2)C1. The fraction of sp³-hybridized carbons (Fsp3) is 0.308. The molecule has 4 aromatic rings. The summed E-state index contributed by atoms with van der Waals surface area (Å²) in [5.74, 6) is 2.18. The molecule has 2 unspecified atom stereocenters. The summed E-state index contributed by atoms with van der Waals surface area (Å²) in [4.78, 5) is 24.3. The molecule has 0 spiro atoms. The van der Waals surface area contributed by atoms with Crippen LogP contribution in [0.5, 0.6) is 11.5 Å². The third kappa shape index (κ3) is 4.48. The fourth-order valence-electron chi connectivity index (χ4n) is 4.75. The largest absolute Gasteiger partial charge is 0.485 e. The number of anilines is 1. The Morgan fingerprint density at radius 2 is 2.06 bits per heavy atom. The van der Waals surface area contributed by atoms with Crippen molar-refractivity contribution in [3.05, 3.63) is 76.8 Å². The summed E-state index contributed by atoms with van der Waals surface area (Å²) in [5.41, 5.74) is 2.74. The molecule has 0 bridgehead atoms. The second-order valence-corrected chi connectivity index (χ2v) is 9.85. The van der Waals surface area contributed by atoms with Gasteiger partial charge in [0.15, 0.2) is 17.1 Å². The van der Waals surface area contributed by atoms with Crippen molar-refractivity contribution in [1.82, 2.24) is 24.5 Å². The van der Waals surface area contributed by atoms with Crippen LogP contribution in [-0.4, -0.2) is 56.2 Å². The molecule has 2 aliphatic heterocycles. The van der Waals surface area contributed by atoms with Crippen molar-refractivity contribution < 1.29 is 14.3 Å².